The van der Waals surface area contributed by atoms with E-state index in [1.54, 1.807) is 24.3 Å². The fraction of sp³-hybridized carbons (Fsp3) is 0.240. The molecule has 0 heterocycles. The molecule has 1 atom stereocenters. The van der Waals surface area contributed by atoms with E-state index in [4.69, 9.17) is 0 Å². The lowest BCUT2D eigenvalue weighted by molar-refractivity contribution is 0.0935. The maximum atomic E-state index is 12.8. The molecule has 3 rings (SSSR count). The lowest BCUT2D eigenvalue weighted by Crippen LogP contribution is -2.30. The van der Waals surface area contributed by atoms with Gasteiger partial charge in [0.25, 0.3) is 5.91 Å². The number of rotatable bonds is 8. The zero-order chi connectivity index (χ0) is 22.4. The molecule has 0 aliphatic heterocycles. The second-order valence-corrected chi connectivity index (χ2v) is 9.55. The molecule has 1 N–H and O–H groups in total. The number of amides is 1. The average molecular weight is 437 g/mol. The molecule has 3 aromatic rings. The van der Waals surface area contributed by atoms with E-state index >= 15 is 0 Å². The van der Waals surface area contributed by atoms with E-state index in [2.05, 4.69) is 5.32 Å². The highest BCUT2D eigenvalue weighted by molar-refractivity contribution is 7.92. The van der Waals surface area contributed by atoms with Crippen LogP contribution in [0.15, 0.2) is 78.9 Å². The molecule has 0 radical (unpaired) electrons. The first-order chi connectivity index (χ1) is 14.8. The summed E-state index contributed by atoms with van der Waals surface area (Å²) in [5.74, 6) is -0.187. The maximum absolute atomic E-state index is 12.8. The Hall–Kier alpha value is -3.12. The smallest absolute Gasteiger partial charge is 0.251 e. The van der Waals surface area contributed by atoms with Crippen molar-refractivity contribution in [1.29, 1.82) is 0 Å². The van der Waals surface area contributed by atoms with Gasteiger partial charge in [-0.1, -0.05) is 67.1 Å². The van der Waals surface area contributed by atoms with Crippen LogP contribution >= 0.6 is 0 Å². The van der Waals surface area contributed by atoms with E-state index in [-0.39, 0.29) is 18.5 Å². The number of aryl methyl sites for hydroxylation is 1. The minimum absolute atomic E-state index is 0.0848. The van der Waals surface area contributed by atoms with E-state index in [0.29, 0.717) is 11.3 Å². The Balaban J connectivity index is 1.77. The van der Waals surface area contributed by atoms with E-state index in [9.17, 15) is 13.2 Å². The number of carbonyl (C=O) groups excluding carboxylic acids is 1. The van der Waals surface area contributed by atoms with Crippen LogP contribution in [-0.2, 0) is 16.6 Å². The molecule has 1 unspecified atom stereocenters. The van der Waals surface area contributed by atoms with Crippen molar-refractivity contribution in [1.82, 2.24) is 5.32 Å². The van der Waals surface area contributed by atoms with Gasteiger partial charge in [0.15, 0.2) is 0 Å². The van der Waals surface area contributed by atoms with Gasteiger partial charge in [-0.05, 0) is 48.7 Å². The van der Waals surface area contributed by atoms with Crippen molar-refractivity contribution >= 4 is 21.6 Å². The van der Waals surface area contributed by atoms with Crippen molar-refractivity contribution in [3.8, 4) is 0 Å². The summed E-state index contributed by atoms with van der Waals surface area (Å²) in [5, 5.41) is 3.07. The molecule has 0 saturated heterocycles. The summed E-state index contributed by atoms with van der Waals surface area (Å²) in [6.07, 6.45) is 1.95. The van der Waals surface area contributed by atoms with Crippen molar-refractivity contribution in [3.05, 3.63) is 101 Å². The molecule has 0 spiro atoms. The summed E-state index contributed by atoms with van der Waals surface area (Å²) in [7, 11) is -3.48. The quantitative estimate of drug-likeness (QED) is 0.549. The van der Waals surface area contributed by atoms with Crippen molar-refractivity contribution in [2.75, 3.05) is 10.6 Å². The molecule has 31 heavy (non-hydrogen) atoms. The van der Waals surface area contributed by atoms with Gasteiger partial charge in [0.1, 0.15) is 0 Å². The SMILES string of the molecule is CCC(NC(=O)c1ccc(N(Cc2ccccc2)S(C)(=O)=O)cc1)c1ccc(C)cc1. The van der Waals surface area contributed by atoms with Crippen LogP contribution in [0, 0.1) is 6.92 Å². The van der Waals surface area contributed by atoms with Crippen LogP contribution in [0.5, 0.6) is 0 Å². The molecule has 0 bridgehead atoms. The number of sulfonamides is 1. The molecule has 0 saturated carbocycles. The van der Waals surface area contributed by atoms with Crippen molar-refractivity contribution in [2.45, 2.75) is 32.9 Å². The Morgan fingerprint density at radius 2 is 1.55 bits per heavy atom. The van der Waals surface area contributed by atoms with Gasteiger partial charge in [0, 0.05) is 5.56 Å². The summed E-state index contributed by atoms with van der Waals surface area (Å²) in [5.41, 5.74) is 4.13. The van der Waals surface area contributed by atoms with Crippen molar-refractivity contribution in [3.63, 3.8) is 0 Å². The zero-order valence-electron chi connectivity index (χ0n) is 18.1. The van der Waals surface area contributed by atoms with Gasteiger partial charge < -0.3 is 5.32 Å². The fourth-order valence-corrected chi connectivity index (χ4v) is 4.28. The highest BCUT2D eigenvalue weighted by Gasteiger charge is 2.19. The Morgan fingerprint density at radius 1 is 0.935 bits per heavy atom. The third kappa shape index (κ3) is 5.95. The van der Waals surface area contributed by atoms with E-state index < -0.39 is 10.0 Å². The summed E-state index contributed by atoms with van der Waals surface area (Å²) in [4.78, 5) is 12.8. The van der Waals surface area contributed by atoms with E-state index in [1.807, 2.05) is 68.4 Å². The number of nitrogens with one attached hydrogen (secondary N) is 1. The number of nitrogens with zero attached hydrogens (tertiary/aromatic N) is 1. The van der Waals surface area contributed by atoms with Gasteiger partial charge >= 0.3 is 0 Å². The predicted octanol–water partition coefficient (Wildman–Crippen LogP) is 4.84. The van der Waals surface area contributed by atoms with Crippen LogP contribution in [0.1, 0.15) is 46.4 Å². The molecule has 0 aliphatic rings. The fourth-order valence-electron chi connectivity index (χ4n) is 3.39. The van der Waals surface area contributed by atoms with Crippen LogP contribution in [0.4, 0.5) is 5.69 Å². The predicted molar refractivity (Wildman–Crippen MR) is 126 cm³/mol. The highest BCUT2D eigenvalue weighted by Crippen LogP contribution is 2.22. The van der Waals surface area contributed by atoms with Crippen LogP contribution in [0.25, 0.3) is 0 Å². The first-order valence-corrected chi connectivity index (χ1v) is 12.1. The average Bonchev–Trinajstić information content (AvgIpc) is 2.76. The first-order valence-electron chi connectivity index (χ1n) is 10.3. The monoisotopic (exact) mass is 436 g/mol. The molecule has 0 aromatic heterocycles. The van der Waals surface area contributed by atoms with Crippen molar-refractivity contribution < 1.29 is 13.2 Å². The van der Waals surface area contributed by atoms with Crippen LogP contribution in [-0.4, -0.2) is 20.6 Å². The third-order valence-corrected chi connectivity index (χ3v) is 6.32. The minimum atomic E-state index is -3.48. The van der Waals surface area contributed by atoms with Gasteiger partial charge in [0.2, 0.25) is 10.0 Å². The van der Waals surface area contributed by atoms with Gasteiger partial charge in [-0.3, -0.25) is 9.10 Å². The summed E-state index contributed by atoms with van der Waals surface area (Å²) in [6, 6.07) is 24.1. The summed E-state index contributed by atoms with van der Waals surface area (Å²) < 4.78 is 26.1. The lowest BCUT2D eigenvalue weighted by Gasteiger charge is -2.23. The maximum Gasteiger partial charge on any atom is 0.251 e. The van der Waals surface area contributed by atoms with Crippen LogP contribution in [0.2, 0.25) is 0 Å². The molecule has 0 fully saturated rings. The number of benzene rings is 3. The Labute approximate surface area is 184 Å². The molecular weight excluding hydrogens is 408 g/mol. The molecule has 1 amide bonds. The molecule has 5 nitrogen and oxygen atoms in total. The van der Waals surface area contributed by atoms with Crippen molar-refractivity contribution in [2.24, 2.45) is 0 Å². The standard InChI is InChI=1S/C25H28N2O3S/c1-4-24(21-12-10-19(2)11-13-21)26-25(28)22-14-16-23(17-15-22)27(31(3,29)30)18-20-8-6-5-7-9-20/h5-17,24H,4,18H2,1-3H3,(H,26,28). The highest BCUT2D eigenvalue weighted by atomic mass is 32.2. The normalized spacial score (nSPS) is 12.2. The lowest BCUT2D eigenvalue weighted by atomic mass is 10.0. The Bertz CT molecular complexity index is 1110. The molecule has 6 heteroatoms. The second-order valence-electron chi connectivity index (χ2n) is 7.65. The van der Waals surface area contributed by atoms with E-state index in [0.717, 1.165) is 17.5 Å². The summed E-state index contributed by atoms with van der Waals surface area (Å²) >= 11 is 0. The third-order valence-electron chi connectivity index (χ3n) is 5.18. The minimum Gasteiger partial charge on any atom is -0.345 e. The van der Waals surface area contributed by atoms with E-state index in [1.165, 1.54) is 16.1 Å². The van der Waals surface area contributed by atoms with Gasteiger partial charge in [-0.25, -0.2) is 8.42 Å². The molecule has 0 aliphatic carbocycles. The first kappa shape index (κ1) is 22.6. The number of hydrogen-bond acceptors (Lipinski definition) is 3. The largest absolute Gasteiger partial charge is 0.345 e. The zero-order valence-corrected chi connectivity index (χ0v) is 18.9. The van der Waals surface area contributed by atoms with Gasteiger partial charge in [-0.15, -0.1) is 0 Å². The molecular formula is C25H28N2O3S. The number of carbonyl (C=O) groups is 1. The van der Waals surface area contributed by atoms with Crippen LogP contribution < -0.4 is 9.62 Å². The Morgan fingerprint density at radius 3 is 2.10 bits per heavy atom. The second kappa shape index (κ2) is 9.79. The van der Waals surface area contributed by atoms with Crippen LogP contribution in [0.3, 0.4) is 0 Å². The number of anilines is 1. The molecule has 3 aromatic carbocycles. The molecule has 162 valence electrons. The Kier molecular flexibility index (Phi) is 7.13. The summed E-state index contributed by atoms with van der Waals surface area (Å²) in [6.45, 7) is 4.29. The topological polar surface area (TPSA) is 66.5 Å². The van der Waals surface area contributed by atoms with Gasteiger partial charge in [0.05, 0.1) is 24.5 Å². The van der Waals surface area contributed by atoms with Gasteiger partial charge in [-0.2, -0.15) is 0 Å². The number of hydrogen-bond donors (Lipinski definition) is 1.